The second-order valence-corrected chi connectivity index (χ2v) is 4.46. The number of ether oxygens (including phenoxy) is 1. The van der Waals surface area contributed by atoms with Gasteiger partial charge in [0, 0.05) is 11.8 Å². The number of nitrogens with two attached hydrogens (primary N) is 1. The molecule has 18 heavy (non-hydrogen) atoms. The molecule has 1 unspecified atom stereocenters. The molecule has 0 saturated carbocycles. The van der Waals surface area contributed by atoms with E-state index in [1.807, 2.05) is 0 Å². The second-order valence-electron chi connectivity index (χ2n) is 3.39. The molecule has 1 atom stereocenters. The van der Waals surface area contributed by atoms with E-state index in [4.69, 9.17) is 10.5 Å². The van der Waals surface area contributed by atoms with E-state index in [0.717, 1.165) is 0 Å². The summed E-state index contributed by atoms with van der Waals surface area (Å²) in [5.41, 5.74) is 5.62. The van der Waals surface area contributed by atoms with Crippen molar-refractivity contribution in [3.63, 3.8) is 0 Å². The first kappa shape index (κ1) is 14.5. The van der Waals surface area contributed by atoms with Gasteiger partial charge in [-0.1, -0.05) is 12.1 Å². The van der Waals surface area contributed by atoms with Gasteiger partial charge in [0.15, 0.2) is 0 Å². The fourth-order valence-corrected chi connectivity index (χ4v) is 2.19. The molecular weight excluding hydrogens is 256 g/mol. The minimum atomic E-state index is -0.783. The van der Waals surface area contributed by atoms with Crippen LogP contribution in [0, 0.1) is 10.1 Å². The third-order valence-electron chi connectivity index (χ3n) is 2.07. The number of esters is 1. The van der Waals surface area contributed by atoms with Crippen molar-refractivity contribution in [3.05, 3.63) is 34.4 Å². The van der Waals surface area contributed by atoms with Crippen LogP contribution in [0.15, 0.2) is 29.2 Å². The first-order valence-corrected chi connectivity index (χ1v) is 6.33. The molecule has 0 spiro atoms. The Morgan fingerprint density at radius 3 is 2.83 bits per heavy atom. The van der Waals surface area contributed by atoms with E-state index in [0.29, 0.717) is 4.90 Å². The van der Waals surface area contributed by atoms with E-state index in [2.05, 4.69) is 0 Å². The van der Waals surface area contributed by atoms with Crippen molar-refractivity contribution >= 4 is 23.4 Å². The van der Waals surface area contributed by atoms with Gasteiger partial charge >= 0.3 is 5.97 Å². The van der Waals surface area contributed by atoms with Gasteiger partial charge in [-0.2, -0.15) is 0 Å². The van der Waals surface area contributed by atoms with Crippen LogP contribution in [0.25, 0.3) is 0 Å². The Bertz CT molecular complexity index is 439. The van der Waals surface area contributed by atoms with Gasteiger partial charge in [-0.3, -0.25) is 14.9 Å². The zero-order valence-electron chi connectivity index (χ0n) is 9.87. The maximum atomic E-state index is 11.3. The van der Waals surface area contributed by atoms with Gasteiger partial charge in [0.05, 0.1) is 16.4 Å². The van der Waals surface area contributed by atoms with Crippen molar-refractivity contribution < 1.29 is 14.5 Å². The average Bonchev–Trinajstić information content (AvgIpc) is 2.36. The summed E-state index contributed by atoms with van der Waals surface area (Å²) in [7, 11) is 0. The summed E-state index contributed by atoms with van der Waals surface area (Å²) in [6, 6.07) is 5.55. The number of rotatable bonds is 6. The third-order valence-corrected chi connectivity index (χ3v) is 3.25. The fourth-order valence-electron chi connectivity index (χ4n) is 1.23. The van der Waals surface area contributed by atoms with Crippen LogP contribution in [0.1, 0.15) is 6.92 Å². The Morgan fingerprint density at radius 2 is 2.22 bits per heavy atom. The largest absolute Gasteiger partial charge is 0.465 e. The lowest BCUT2D eigenvalue weighted by Gasteiger charge is -2.09. The van der Waals surface area contributed by atoms with E-state index in [1.165, 1.54) is 17.8 Å². The quantitative estimate of drug-likeness (QED) is 0.365. The van der Waals surface area contributed by atoms with Crippen molar-refractivity contribution in [1.82, 2.24) is 0 Å². The van der Waals surface area contributed by atoms with Gasteiger partial charge in [0.1, 0.15) is 6.04 Å². The first-order chi connectivity index (χ1) is 8.56. The SMILES string of the molecule is CCOC(=O)C(N)CSc1ccccc1[N+](=O)[O-]. The molecule has 0 amide bonds. The van der Waals surface area contributed by atoms with Crippen LogP contribution in [-0.2, 0) is 9.53 Å². The summed E-state index contributed by atoms with van der Waals surface area (Å²) in [4.78, 5) is 22.1. The molecule has 0 aliphatic heterocycles. The van der Waals surface area contributed by atoms with Crippen LogP contribution < -0.4 is 5.73 Å². The Labute approximate surface area is 109 Å². The molecule has 7 heteroatoms. The van der Waals surface area contributed by atoms with Gasteiger partial charge in [-0.15, -0.1) is 11.8 Å². The van der Waals surface area contributed by atoms with Gasteiger partial charge < -0.3 is 10.5 Å². The molecule has 0 aliphatic rings. The van der Waals surface area contributed by atoms with Crippen LogP contribution in [0.5, 0.6) is 0 Å². The molecule has 6 nitrogen and oxygen atoms in total. The Kier molecular flexibility index (Phi) is 5.60. The number of carbonyl (C=O) groups excluding carboxylic acids is 1. The minimum absolute atomic E-state index is 0.0126. The fraction of sp³-hybridized carbons (Fsp3) is 0.364. The summed E-state index contributed by atoms with van der Waals surface area (Å²) >= 11 is 1.17. The molecule has 0 saturated heterocycles. The topological polar surface area (TPSA) is 95.5 Å². The zero-order valence-corrected chi connectivity index (χ0v) is 10.7. The van der Waals surface area contributed by atoms with Crippen molar-refractivity contribution in [2.75, 3.05) is 12.4 Å². The molecule has 1 rings (SSSR count). The summed E-state index contributed by atoms with van der Waals surface area (Å²) in [6.45, 7) is 1.96. The number of para-hydroxylation sites is 1. The molecular formula is C11H14N2O4S. The van der Waals surface area contributed by atoms with Crippen LogP contribution in [-0.4, -0.2) is 29.3 Å². The maximum absolute atomic E-state index is 11.3. The Morgan fingerprint density at radius 1 is 1.56 bits per heavy atom. The van der Waals surface area contributed by atoms with Crippen molar-refractivity contribution in [2.24, 2.45) is 5.73 Å². The Hall–Kier alpha value is -1.60. The van der Waals surface area contributed by atoms with Crippen LogP contribution >= 0.6 is 11.8 Å². The van der Waals surface area contributed by atoms with Crippen molar-refractivity contribution in [3.8, 4) is 0 Å². The lowest BCUT2D eigenvalue weighted by Crippen LogP contribution is -2.34. The third kappa shape index (κ3) is 4.01. The number of nitro groups is 1. The lowest BCUT2D eigenvalue weighted by molar-refractivity contribution is -0.387. The molecule has 98 valence electrons. The van der Waals surface area contributed by atoms with Gasteiger partial charge in [0.25, 0.3) is 5.69 Å². The molecule has 2 N–H and O–H groups in total. The smallest absolute Gasteiger partial charge is 0.323 e. The Balaban J connectivity index is 2.63. The molecule has 0 fully saturated rings. The summed E-state index contributed by atoms with van der Waals surface area (Å²) in [6.07, 6.45) is 0. The van der Waals surface area contributed by atoms with E-state index < -0.39 is 16.9 Å². The van der Waals surface area contributed by atoms with Crippen molar-refractivity contribution in [1.29, 1.82) is 0 Å². The van der Waals surface area contributed by atoms with E-state index >= 15 is 0 Å². The van der Waals surface area contributed by atoms with Crippen molar-refractivity contribution in [2.45, 2.75) is 17.9 Å². The van der Waals surface area contributed by atoms with Crippen LogP contribution in [0.4, 0.5) is 5.69 Å². The summed E-state index contributed by atoms with van der Waals surface area (Å²) < 4.78 is 4.76. The highest BCUT2D eigenvalue weighted by Crippen LogP contribution is 2.28. The average molecular weight is 270 g/mol. The highest BCUT2D eigenvalue weighted by molar-refractivity contribution is 7.99. The lowest BCUT2D eigenvalue weighted by atomic mass is 10.3. The molecule has 0 aromatic heterocycles. The zero-order chi connectivity index (χ0) is 13.5. The monoisotopic (exact) mass is 270 g/mol. The molecule has 1 aromatic rings. The number of thioether (sulfide) groups is 1. The maximum Gasteiger partial charge on any atom is 0.323 e. The van der Waals surface area contributed by atoms with E-state index in [9.17, 15) is 14.9 Å². The first-order valence-electron chi connectivity index (χ1n) is 5.34. The molecule has 0 heterocycles. The number of carbonyl (C=O) groups is 1. The number of hydrogen-bond donors (Lipinski definition) is 1. The number of hydrogen-bond acceptors (Lipinski definition) is 6. The van der Waals surface area contributed by atoms with Crippen LogP contribution in [0.3, 0.4) is 0 Å². The van der Waals surface area contributed by atoms with E-state index in [-0.39, 0.29) is 18.0 Å². The van der Waals surface area contributed by atoms with Gasteiger partial charge in [0.2, 0.25) is 0 Å². The molecule has 1 aromatic carbocycles. The molecule has 0 bridgehead atoms. The van der Waals surface area contributed by atoms with Gasteiger partial charge in [-0.25, -0.2) is 0 Å². The summed E-state index contributed by atoms with van der Waals surface area (Å²) in [5, 5.41) is 10.8. The molecule has 0 aliphatic carbocycles. The highest BCUT2D eigenvalue weighted by atomic mass is 32.2. The van der Waals surface area contributed by atoms with Crippen LogP contribution in [0.2, 0.25) is 0 Å². The standard InChI is InChI=1S/C11H14N2O4S/c1-2-17-11(14)8(12)7-18-10-6-4-3-5-9(10)13(15)16/h3-6,8H,2,7,12H2,1H3. The number of benzene rings is 1. The molecule has 0 radical (unpaired) electrons. The highest BCUT2D eigenvalue weighted by Gasteiger charge is 2.18. The predicted molar refractivity (Wildman–Crippen MR) is 68.4 cm³/mol. The van der Waals surface area contributed by atoms with E-state index in [1.54, 1.807) is 25.1 Å². The second kappa shape index (κ2) is 6.97. The van der Waals surface area contributed by atoms with Gasteiger partial charge in [-0.05, 0) is 13.0 Å². The number of nitrogens with zero attached hydrogens (tertiary/aromatic N) is 1. The predicted octanol–water partition coefficient (Wildman–Crippen LogP) is 1.58. The minimum Gasteiger partial charge on any atom is -0.465 e. The normalized spacial score (nSPS) is 11.9. The number of nitro benzene ring substituents is 1. The summed E-state index contributed by atoms with van der Waals surface area (Å²) in [5.74, 6) is -0.257.